The van der Waals surface area contributed by atoms with Gasteiger partial charge in [-0.3, -0.25) is 0 Å². The van der Waals surface area contributed by atoms with Gasteiger partial charge in [-0.1, -0.05) is 57.7 Å². The van der Waals surface area contributed by atoms with Crippen molar-refractivity contribution >= 4 is 11.6 Å². The first-order valence-corrected chi connectivity index (χ1v) is 8.41. The van der Waals surface area contributed by atoms with E-state index in [2.05, 4.69) is 32.9 Å². The Morgan fingerprint density at radius 1 is 0.750 bits per heavy atom. The van der Waals surface area contributed by atoms with Gasteiger partial charge in [-0.25, -0.2) is 0 Å². The molecule has 3 N–H and O–H groups in total. The first-order chi connectivity index (χ1) is 9.24. The van der Waals surface area contributed by atoms with E-state index in [-0.39, 0.29) is 6.15 Å². The van der Waals surface area contributed by atoms with Crippen LogP contribution in [0.4, 0.5) is 0 Å². The van der Waals surface area contributed by atoms with Crippen molar-refractivity contribution in [1.82, 2.24) is 6.15 Å². The molecule has 0 radical (unpaired) electrons. The van der Waals surface area contributed by atoms with E-state index in [0.29, 0.717) is 0 Å². The van der Waals surface area contributed by atoms with Crippen LogP contribution in [-0.2, 0) is 19.3 Å². The lowest BCUT2D eigenvalue weighted by molar-refractivity contribution is 0.735. The largest absolute Gasteiger partial charge is 0.344 e. The fourth-order valence-electron chi connectivity index (χ4n) is 2.60. The molecule has 0 heterocycles. The summed E-state index contributed by atoms with van der Waals surface area (Å²) in [5, 5.41) is 0.986. The minimum Gasteiger partial charge on any atom is -0.344 e. The topological polar surface area (TPSA) is 35.0 Å². The SMILES string of the molecule is CCCCc1ccc(Cl)c(CCCC)c1CCCC.N. The van der Waals surface area contributed by atoms with E-state index >= 15 is 0 Å². The van der Waals surface area contributed by atoms with E-state index in [4.69, 9.17) is 11.6 Å². The number of aryl methyl sites for hydroxylation is 1. The Hall–Kier alpha value is -0.530. The molecular formula is C18H32ClN. The molecule has 0 aliphatic rings. The summed E-state index contributed by atoms with van der Waals surface area (Å²) in [5.74, 6) is 0. The molecule has 1 aromatic rings. The number of halogens is 1. The van der Waals surface area contributed by atoms with Crippen LogP contribution < -0.4 is 6.15 Å². The van der Waals surface area contributed by atoms with Crippen molar-refractivity contribution < 1.29 is 0 Å². The predicted octanol–water partition coefficient (Wildman–Crippen LogP) is 6.53. The minimum atomic E-state index is 0. The summed E-state index contributed by atoms with van der Waals surface area (Å²) in [6.45, 7) is 6.78. The van der Waals surface area contributed by atoms with E-state index in [9.17, 15) is 0 Å². The third-order valence-electron chi connectivity index (χ3n) is 3.83. The van der Waals surface area contributed by atoms with Gasteiger partial charge in [0.2, 0.25) is 0 Å². The summed E-state index contributed by atoms with van der Waals surface area (Å²) in [6, 6.07) is 4.38. The van der Waals surface area contributed by atoms with Crippen molar-refractivity contribution in [3.63, 3.8) is 0 Å². The summed E-state index contributed by atoms with van der Waals surface area (Å²) < 4.78 is 0. The Balaban J connectivity index is 0.00000361. The highest BCUT2D eigenvalue weighted by molar-refractivity contribution is 6.31. The zero-order valence-corrected chi connectivity index (χ0v) is 14.4. The molecule has 0 saturated carbocycles. The standard InChI is InChI=1S/C18H29Cl.H3N/c1-4-7-10-15-13-14-18(19)17(12-9-6-3)16(15)11-8-5-2;/h13-14H,4-12H2,1-3H3;1H3. The first-order valence-electron chi connectivity index (χ1n) is 8.03. The second-order valence-electron chi connectivity index (χ2n) is 5.47. The molecule has 1 aromatic carbocycles. The zero-order valence-electron chi connectivity index (χ0n) is 13.6. The molecule has 0 spiro atoms. The lowest BCUT2D eigenvalue weighted by Gasteiger charge is -2.16. The Morgan fingerprint density at radius 2 is 1.25 bits per heavy atom. The van der Waals surface area contributed by atoms with Crippen LogP contribution in [-0.4, -0.2) is 0 Å². The molecule has 0 fully saturated rings. The summed E-state index contributed by atoms with van der Waals surface area (Å²) in [7, 11) is 0. The van der Waals surface area contributed by atoms with E-state index < -0.39 is 0 Å². The summed E-state index contributed by atoms with van der Waals surface area (Å²) in [6.07, 6.45) is 11.1. The lowest BCUT2D eigenvalue weighted by Crippen LogP contribution is -2.02. The molecule has 0 aliphatic heterocycles. The maximum Gasteiger partial charge on any atom is 0.0440 e. The van der Waals surface area contributed by atoms with Gasteiger partial charge in [-0.2, -0.15) is 0 Å². The lowest BCUT2D eigenvalue weighted by atomic mass is 9.91. The average molecular weight is 298 g/mol. The number of hydrogen-bond donors (Lipinski definition) is 1. The van der Waals surface area contributed by atoms with E-state index in [1.165, 1.54) is 56.9 Å². The molecule has 0 amide bonds. The van der Waals surface area contributed by atoms with Crippen LogP contribution in [0.5, 0.6) is 0 Å². The zero-order chi connectivity index (χ0) is 14.1. The average Bonchev–Trinajstić information content (AvgIpc) is 2.42. The quantitative estimate of drug-likeness (QED) is 0.552. The van der Waals surface area contributed by atoms with Crippen molar-refractivity contribution in [2.75, 3.05) is 0 Å². The van der Waals surface area contributed by atoms with Crippen LogP contribution in [0.1, 0.15) is 76.0 Å². The Morgan fingerprint density at radius 3 is 1.80 bits per heavy atom. The molecule has 0 atom stereocenters. The number of benzene rings is 1. The highest BCUT2D eigenvalue weighted by Crippen LogP contribution is 2.28. The van der Waals surface area contributed by atoms with Crippen LogP contribution in [0.2, 0.25) is 5.02 Å². The number of hydrogen-bond acceptors (Lipinski definition) is 1. The summed E-state index contributed by atoms with van der Waals surface area (Å²) in [4.78, 5) is 0. The Bertz CT molecular complexity index is 374. The third kappa shape index (κ3) is 5.85. The molecule has 0 saturated heterocycles. The maximum atomic E-state index is 6.45. The molecule has 20 heavy (non-hydrogen) atoms. The fourth-order valence-corrected chi connectivity index (χ4v) is 2.87. The predicted molar refractivity (Wildman–Crippen MR) is 92.3 cm³/mol. The molecule has 0 bridgehead atoms. The van der Waals surface area contributed by atoms with Crippen LogP contribution in [0.25, 0.3) is 0 Å². The second-order valence-corrected chi connectivity index (χ2v) is 5.88. The summed E-state index contributed by atoms with van der Waals surface area (Å²) >= 11 is 6.45. The number of rotatable bonds is 9. The van der Waals surface area contributed by atoms with Crippen LogP contribution >= 0.6 is 11.6 Å². The molecule has 2 heteroatoms. The van der Waals surface area contributed by atoms with Crippen molar-refractivity contribution in [1.29, 1.82) is 0 Å². The van der Waals surface area contributed by atoms with Crippen molar-refractivity contribution in [2.24, 2.45) is 0 Å². The smallest absolute Gasteiger partial charge is 0.0440 e. The van der Waals surface area contributed by atoms with E-state index in [0.717, 1.165) is 11.4 Å². The van der Waals surface area contributed by atoms with Gasteiger partial charge in [-0.05, 0) is 61.3 Å². The molecule has 0 aromatic heterocycles. The first kappa shape index (κ1) is 19.5. The van der Waals surface area contributed by atoms with Gasteiger partial charge in [0.05, 0.1) is 0 Å². The third-order valence-corrected chi connectivity index (χ3v) is 4.19. The van der Waals surface area contributed by atoms with Crippen LogP contribution in [0.15, 0.2) is 12.1 Å². The monoisotopic (exact) mass is 297 g/mol. The Labute approximate surface area is 130 Å². The molecule has 116 valence electrons. The van der Waals surface area contributed by atoms with Gasteiger partial charge in [0.1, 0.15) is 0 Å². The van der Waals surface area contributed by atoms with Gasteiger partial charge in [0.25, 0.3) is 0 Å². The molecule has 1 rings (SSSR count). The maximum absolute atomic E-state index is 6.45. The van der Waals surface area contributed by atoms with Crippen LogP contribution in [0.3, 0.4) is 0 Å². The van der Waals surface area contributed by atoms with Gasteiger partial charge < -0.3 is 6.15 Å². The summed E-state index contributed by atoms with van der Waals surface area (Å²) in [5.41, 5.74) is 4.55. The minimum absolute atomic E-state index is 0. The number of unbranched alkanes of at least 4 members (excludes halogenated alkanes) is 3. The second kappa shape index (κ2) is 11.2. The molecule has 0 aliphatic carbocycles. The van der Waals surface area contributed by atoms with Gasteiger partial charge in [0.15, 0.2) is 0 Å². The van der Waals surface area contributed by atoms with Crippen molar-refractivity contribution in [2.45, 2.75) is 78.6 Å². The molecule has 1 nitrogen and oxygen atoms in total. The highest BCUT2D eigenvalue weighted by atomic mass is 35.5. The van der Waals surface area contributed by atoms with Gasteiger partial charge in [-0.15, -0.1) is 0 Å². The normalized spacial score (nSPS) is 10.4. The highest BCUT2D eigenvalue weighted by Gasteiger charge is 2.11. The van der Waals surface area contributed by atoms with Crippen LogP contribution in [0, 0.1) is 0 Å². The van der Waals surface area contributed by atoms with Gasteiger partial charge in [0, 0.05) is 5.02 Å². The Kier molecular flexibility index (Phi) is 10.9. The van der Waals surface area contributed by atoms with Crippen molar-refractivity contribution in [3.05, 3.63) is 33.8 Å². The van der Waals surface area contributed by atoms with E-state index in [1.807, 2.05) is 0 Å². The van der Waals surface area contributed by atoms with E-state index in [1.54, 1.807) is 11.1 Å². The molecule has 0 unspecified atom stereocenters. The van der Waals surface area contributed by atoms with Gasteiger partial charge >= 0.3 is 0 Å². The fraction of sp³-hybridized carbons (Fsp3) is 0.667. The molecular weight excluding hydrogens is 266 g/mol. The van der Waals surface area contributed by atoms with Crippen molar-refractivity contribution in [3.8, 4) is 0 Å².